The summed E-state index contributed by atoms with van der Waals surface area (Å²) in [5, 5.41) is 7.67. The van der Waals surface area contributed by atoms with E-state index >= 15 is 0 Å². The third-order valence-corrected chi connectivity index (χ3v) is 5.53. The minimum absolute atomic E-state index is 0.219. The quantitative estimate of drug-likeness (QED) is 0.385. The van der Waals surface area contributed by atoms with Crippen LogP contribution in [0.15, 0.2) is 97.1 Å². The van der Waals surface area contributed by atoms with Crippen molar-refractivity contribution in [2.45, 2.75) is 13.0 Å². The first-order chi connectivity index (χ1) is 16.1. The summed E-state index contributed by atoms with van der Waals surface area (Å²) in [6.45, 7) is 1.92. The Bertz CT molecular complexity index is 1430. The van der Waals surface area contributed by atoms with Crippen molar-refractivity contribution in [3.8, 4) is 22.5 Å². The number of hydrogen-bond donors (Lipinski definition) is 1. The van der Waals surface area contributed by atoms with Crippen molar-refractivity contribution in [2.75, 3.05) is 0 Å². The molecule has 5 aromatic rings. The Kier molecular flexibility index (Phi) is 5.40. The maximum absolute atomic E-state index is 14.5. The lowest BCUT2D eigenvalue weighted by molar-refractivity contribution is 0.0932. The summed E-state index contributed by atoms with van der Waals surface area (Å²) < 4.78 is 16.1. The number of rotatable bonds is 5. The predicted octanol–water partition coefficient (Wildman–Crippen LogP) is 5.69. The predicted molar refractivity (Wildman–Crippen MR) is 126 cm³/mol. The first-order valence-electron chi connectivity index (χ1n) is 10.7. The summed E-state index contributed by atoms with van der Waals surface area (Å²) in [6.07, 6.45) is 0. The van der Waals surface area contributed by atoms with Crippen molar-refractivity contribution in [1.29, 1.82) is 0 Å². The molecule has 5 rings (SSSR count). The molecule has 0 fully saturated rings. The van der Waals surface area contributed by atoms with E-state index in [4.69, 9.17) is 0 Å². The first kappa shape index (κ1) is 20.6. The highest BCUT2D eigenvalue weighted by atomic mass is 19.1. The zero-order valence-electron chi connectivity index (χ0n) is 17.9. The molecule has 0 aliphatic rings. The molecule has 5 nitrogen and oxygen atoms in total. The second kappa shape index (κ2) is 8.67. The summed E-state index contributed by atoms with van der Waals surface area (Å²) in [4.78, 5) is 18.0. The van der Waals surface area contributed by atoms with Gasteiger partial charge >= 0.3 is 0 Å². The molecule has 0 radical (unpaired) electrons. The highest BCUT2D eigenvalue weighted by Gasteiger charge is 2.20. The molecule has 0 spiro atoms. The van der Waals surface area contributed by atoms with Gasteiger partial charge in [-0.05, 0) is 30.7 Å². The van der Waals surface area contributed by atoms with E-state index < -0.39 is 5.82 Å². The second-order valence-corrected chi connectivity index (χ2v) is 7.78. The van der Waals surface area contributed by atoms with Gasteiger partial charge in [-0.15, -0.1) is 0 Å². The van der Waals surface area contributed by atoms with Gasteiger partial charge in [0, 0.05) is 17.2 Å². The Morgan fingerprint density at radius 3 is 2.27 bits per heavy atom. The van der Waals surface area contributed by atoms with E-state index in [0.29, 0.717) is 22.6 Å². The Morgan fingerprint density at radius 2 is 1.55 bits per heavy atom. The lowest BCUT2D eigenvalue weighted by Crippen LogP contribution is -2.28. The van der Waals surface area contributed by atoms with Crippen LogP contribution in [0.5, 0.6) is 0 Å². The normalized spacial score (nSPS) is 11.9. The molecule has 162 valence electrons. The lowest BCUT2D eigenvalue weighted by atomic mass is 10.1. The molecule has 0 unspecified atom stereocenters. The monoisotopic (exact) mass is 436 g/mol. The topological polar surface area (TPSA) is 59.3 Å². The van der Waals surface area contributed by atoms with E-state index in [0.717, 1.165) is 11.1 Å². The van der Waals surface area contributed by atoms with Crippen molar-refractivity contribution in [2.24, 2.45) is 0 Å². The van der Waals surface area contributed by atoms with Gasteiger partial charge in [0.2, 0.25) is 0 Å². The summed E-state index contributed by atoms with van der Waals surface area (Å²) in [6, 6.07) is 28.9. The molecule has 1 N–H and O–H groups in total. The number of hydrogen-bond acceptors (Lipinski definition) is 3. The SMILES string of the molecule is C[C@H](NC(=O)c1cc(-c2ccccc2F)nc2cc(-c3ccccc3)nn12)c1ccccc1. The van der Waals surface area contributed by atoms with Gasteiger partial charge < -0.3 is 5.32 Å². The summed E-state index contributed by atoms with van der Waals surface area (Å²) >= 11 is 0. The largest absolute Gasteiger partial charge is 0.344 e. The van der Waals surface area contributed by atoms with Crippen LogP contribution in [0.25, 0.3) is 28.2 Å². The highest BCUT2D eigenvalue weighted by Crippen LogP contribution is 2.26. The molecular formula is C27H21FN4O. The zero-order chi connectivity index (χ0) is 22.8. The zero-order valence-corrected chi connectivity index (χ0v) is 17.9. The average molecular weight is 436 g/mol. The van der Waals surface area contributed by atoms with Crippen LogP contribution in [0.3, 0.4) is 0 Å². The van der Waals surface area contributed by atoms with E-state index in [1.807, 2.05) is 67.6 Å². The summed E-state index contributed by atoms with van der Waals surface area (Å²) in [7, 11) is 0. The van der Waals surface area contributed by atoms with Gasteiger partial charge in [-0.25, -0.2) is 13.9 Å². The van der Waals surface area contributed by atoms with Crippen LogP contribution in [0.2, 0.25) is 0 Å². The fraction of sp³-hybridized carbons (Fsp3) is 0.0741. The summed E-state index contributed by atoms with van der Waals surface area (Å²) in [5.41, 5.74) is 4.01. The van der Waals surface area contributed by atoms with E-state index in [-0.39, 0.29) is 17.6 Å². The van der Waals surface area contributed by atoms with Crippen molar-refractivity contribution < 1.29 is 9.18 Å². The molecule has 0 saturated heterocycles. The smallest absolute Gasteiger partial charge is 0.270 e. The molecule has 0 bridgehead atoms. The molecule has 2 aromatic heterocycles. The van der Waals surface area contributed by atoms with Crippen LogP contribution >= 0.6 is 0 Å². The van der Waals surface area contributed by atoms with Crippen molar-refractivity contribution >= 4 is 11.6 Å². The summed E-state index contributed by atoms with van der Waals surface area (Å²) in [5.74, 6) is -0.722. The maximum Gasteiger partial charge on any atom is 0.270 e. The number of nitrogens with one attached hydrogen (secondary N) is 1. The fourth-order valence-electron chi connectivity index (χ4n) is 3.79. The number of amides is 1. The number of benzene rings is 3. The van der Waals surface area contributed by atoms with Crippen LogP contribution in [-0.4, -0.2) is 20.5 Å². The molecule has 0 saturated carbocycles. The minimum Gasteiger partial charge on any atom is -0.344 e. The van der Waals surface area contributed by atoms with E-state index in [9.17, 15) is 9.18 Å². The van der Waals surface area contributed by atoms with E-state index in [1.54, 1.807) is 30.3 Å². The number of carbonyl (C=O) groups is 1. The van der Waals surface area contributed by atoms with Crippen molar-refractivity contribution in [3.63, 3.8) is 0 Å². The van der Waals surface area contributed by atoms with E-state index in [1.165, 1.54) is 10.6 Å². The molecule has 3 aromatic carbocycles. The maximum atomic E-state index is 14.5. The van der Waals surface area contributed by atoms with Gasteiger partial charge in [-0.3, -0.25) is 4.79 Å². The standard InChI is InChI=1S/C27H21FN4O/c1-18(19-10-4-2-5-11-19)29-27(33)25-16-24(21-14-8-9-15-22(21)28)30-26-17-23(31-32(25)26)20-12-6-3-7-13-20/h2-18H,1H3,(H,29,33)/t18-/m0/s1. The number of fused-ring (bicyclic) bond motifs is 1. The molecule has 33 heavy (non-hydrogen) atoms. The van der Waals surface area contributed by atoms with Gasteiger partial charge in [0.25, 0.3) is 5.91 Å². The molecule has 1 amide bonds. The van der Waals surface area contributed by atoms with Crippen molar-refractivity contribution in [3.05, 3.63) is 114 Å². The lowest BCUT2D eigenvalue weighted by Gasteiger charge is -2.15. The van der Waals surface area contributed by atoms with Crippen LogP contribution in [0.1, 0.15) is 29.0 Å². The molecule has 1 atom stereocenters. The van der Waals surface area contributed by atoms with Crippen LogP contribution in [0.4, 0.5) is 4.39 Å². The minimum atomic E-state index is -0.402. The van der Waals surface area contributed by atoms with Crippen LogP contribution in [0, 0.1) is 5.82 Å². The van der Waals surface area contributed by atoms with Gasteiger partial charge in [0.1, 0.15) is 11.5 Å². The van der Waals surface area contributed by atoms with Gasteiger partial charge in [0.05, 0.1) is 17.4 Å². The van der Waals surface area contributed by atoms with E-state index in [2.05, 4.69) is 15.4 Å². The highest BCUT2D eigenvalue weighted by molar-refractivity contribution is 5.94. The van der Waals surface area contributed by atoms with Gasteiger partial charge in [-0.2, -0.15) is 5.10 Å². The van der Waals surface area contributed by atoms with Gasteiger partial charge in [0.15, 0.2) is 5.65 Å². The molecule has 6 heteroatoms. The van der Waals surface area contributed by atoms with Crippen LogP contribution in [-0.2, 0) is 0 Å². The van der Waals surface area contributed by atoms with Crippen LogP contribution < -0.4 is 5.32 Å². The van der Waals surface area contributed by atoms with Crippen molar-refractivity contribution in [1.82, 2.24) is 19.9 Å². The first-order valence-corrected chi connectivity index (χ1v) is 10.7. The average Bonchev–Trinajstić information content (AvgIpc) is 3.29. The Labute approximate surface area is 190 Å². The Morgan fingerprint density at radius 1 is 0.879 bits per heavy atom. The fourth-order valence-corrected chi connectivity index (χ4v) is 3.79. The molecule has 0 aliphatic carbocycles. The second-order valence-electron chi connectivity index (χ2n) is 7.78. The molecular weight excluding hydrogens is 415 g/mol. The number of nitrogens with zero attached hydrogens (tertiary/aromatic N) is 3. The molecule has 0 aliphatic heterocycles. The van der Waals surface area contributed by atoms with Gasteiger partial charge in [-0.1, -0.05) is 72.8 Å². The molecule has 2 heterocycles. The third kappa shape index (κ3) is 4.11. The number of aromatic nitrogens is 3. The Hall–Kier alpha value is -4.32. The Balaban J connectivity index is 1.62. The number of carbonyl (C=O) groups excluding carboxylic acids is 1. The third-order valence-electron chi connectivity index (χ3n) is 5.53. The number of halogens is 1.